The fourth-order valence-electron chi connectivity index (χ4n) is 1.79. The lowest BCUT2D eigenvalue weighted by atomic mass is 10.2. The van der Waals surface area contributed by atoms with Crippen molar-refractivity contribution in [3.05, 3.63) is 28.5 Å². The number of aromatic nitrogens is 1. The summed E-state index contributed by atoms with van der Waals surface area (Å²) < 4.78 is 0. The third-order valence-electron chi connectivity index (χ3n) is 2.77. The zero-order valence-electron chi connectivity index (χ0n) is 9.30. The Labute approximate surface area is 104 Å². The van der Waals surface area contributed by atoms with E-state index in [0.717, 1.165) is 5.69 Å². The summed E-state index contributed by atoms with van der Waals surface area (Å²) in [5.41, 5.74) is 1.02. The van der Waals surface area contributed by atoms with E-state index in [0.29, 0.717) is 10.6 Å². The van der Waals surface area contributed by atoms with E-state index in [1.54, 1.807) is 13.0 Å². The third-order valence-corrected chi connectivity index (χ3v) is 3.08. The van der Waals surface area contributed by atoms with Crippen molar-refractivity contribution >= 4 is 17.5 Å². The maximum atomic E-state index is 12.0. The van der Waals surface area contributed by atoms with Crippen molar-refractivity contribution in [1.82, 2.24) is 9.88 Å². The van der Waals surface area contributed by atoms with Crippen molar-refractivity contribution in [3.8, 4) is 0 Å². The van der Waals surface area contributed by atoms with Crippen LogP contribution in [0.25, 0.3) is 0 Å². The third kappa shape index (κ3) is 2.41. The van der Waals surface area contributed by atoms with E-state index in [-0.39, 0.29) is 19.0 Å². The van der Waals surface area contributed by atoms with Crippen molar-refractivity contribution in [2.24, 2.45) is 0 Å². The highest BCUT2D eigenvalue weighted by atomic mass is 35.5. The monoisotopic (exact) mass is 256 g/mol. The van der Waals surface area contributed by atoms with E-state index in [1.165, 1.54) is 11.1 Å². The lowest BCUT2D eigenvalue weighted by Crippen LogP contribution is -2.30. The Morgan fingerprint density at radius 2 is 2.06 bits per heavy atom. The summed E-state index contributed by atoms with van der Waals surface area (Å²) in [5.74, 6) is -0.321. The largest absolute Gasteiger partial charge is 0.388 e. The van der Waals surface area contributed by atoms with Crippen LogP contribution in [0.4, 0.5) is 0 Å². The molecule has 2 N–H and O–H groups in total. The second-order valence-electron chi connectivity index (χ2n) is 4.15. The molecule has 1 aliphatic rings. The molecule has 1 aliphatic heterocycles. The number of hydrogen-bond acceptors (Lipinski definition) is 4. The minimum Gasteiger partial charge on any atom is -0.388 e. The molecule has 0 aromatic carbocycles. The predicted octanol–water partition coefficient (Wildman–Crippen LogP) is 0.221. The molecule has 6 heteroatoms. The number of halogens is 1. The molecule has 0 bridgehead atoms. The molecule has 0 radical (unpaired) electrons. The van der Waals surface area contributed by atoms with Crippen LogP contribution in [0.15, 0.2) is 12.3 Å². The Balaban J connectivity index is 2.20. The van der Waals surface area contributed by atoms with Gasteiger partial charge in [0.2, 0.25) is 0 Å². The molecular weight excluding hydrogens is 244 g/mol. The number of nitrogens with zero attached hydrogens (tertiary/aromatic N) is 2. The Bertz CT molecular complexity index is 442. The van der Waals surface area contributed by atoms with E-state index in [1.807, 2.05) is 0 Å². The number of amides is 1. The molecule has 0 aliphatic carbocycles. The van der Waals surface area contributed by atoms with Crippen molar-refractivity contribution in [1.29, 1.82) is 0 Å². The molecule has 0 spiro atoms. The summed E-state index contributed by atoms with van der Waals surface area (Å²) >= 11 is 5.96. The molecule has 5 nitrogen and oxygen atoms in total. The number of pyridine rings is 1. The first-order valence-corrected chi connectivity index (χ1v) is 5.64. The lowest BCUT2D eigenvalue weighted by Gasteiger charge is -2.15. The summed E-state index contributed by atoms with van der Waals surface area (Å²) in [6.07, 6.45) is -0.371. The molecule has 2 heterocycles. The van der Waals surface area contributed by atoms with Gasteiger partial charge in [0, 0.05) is 25.0 Å². The van der Waals surface area contributed by atoms with Gasteiger partial charge in [0.05, 0.1) is 22.8 Å². The Morgan fingerprint density at radius 1 is 1.47 bits per heavy atom. The number of aryl methyl sites for hydroxylation is 1. The fraction of sp³-hybridized carbons (Fsp3) is 0.455. The molecule has 2 unspecified atom stereocenters. The summed E-state index contributed by atoms with van der Waals surface area (Å²) in [5, 5.41) is 19.1. The number of likely N-dealkylation sites (tertiary alicyclic amines) is 1. The molecule has 1 saturated heterocycles. The second-order valence-corrected chi connectivity index (χ2v) is 4.56. The fourth-order valence-corrected chi connectivity index (χ4v) is 2.08. The first-order valence-electron chi connectivity index (χ1n) is 5.26. The zero-order chi connectivity index (χ0) is 12.6. The van der Waals surface area contributed by atoms with Gasteiger partial charge in [-0.3, -0.25) is 9.78 Å². The van der Waals surface area contributed by atoms with Gasteiger partial charge in [-0.25, -0.2) is 0 Å². The normalized spacial score (nSPS) is 24.1. The van der Waals surface area contributed by atoms with E-state index < -0.39 is 12.2 Å². The van der Waals surface area contributed by atoms with Gasteiger partial charge in [0.15, 0.2) is 0 Å². The van der Waals surface area contributed by atoms with Gasteiger partial charge in [0.1, 0.15) is 0 Å². The molecule has 1 fully saturated rings. The quantitative estimate of drug-likeness (QED) is 0.754. The minimum atomic E-state index is -0.892. The number of β-amino-alcohol motifs (C(OH)–C–C–N with tert-alkyl or cyclic N) is 2. The number of hydrogen-bond donors (Lipinski definition) is 2. The van der Waals surface area contributed by atoms with Gasteiger partial charge in [0.25, 0.3) is 5.91 Å². The van der Waals surface area contributed by atoms with Crippen LogP contribution in [0.2, 0.25) is 5.02 Å². The first-order chi connectivity index (χ1) is 7.99. The van der Waals surface area contributed by atoms with E-state index in [9.17, 15) is 15.0 Å². The van der Waals surface area contributed by atoms with Crippen LogP contribution in [-0.4, -0.2) is 51.3 Å². The van der Waals surface area contributed by atoms with Crippen LogP contribution in [0.5, 0.6) is 0 Å². The van der Waals surface area contributed by atoms with Crippen LogP contribution in [0.1, 0.15) is 16.1 Å². The molecular formula is C11H13ClN2O3. The molecule has 1 aromatic rings. The number of aliphatic hydroxyl groups is 2. The first kappa shape index (κ1) is 12.3. The van der Waals surface area contributed by atoms with Gasteiger partial charge >= 0.3 is 0 Å². The predicted molar refractivity (Wildman–Crippen MR) is 61.9 cm³/mol. The number of rotatable bonds is 1. The molecule has 0 saturated carbocycles. The number of aliphatic hydroxyl groups excluding tert-OH is 2. The summed E-state index contributed by atoms with van der Waals surface area (Å²) in [4.78, 5) is 17.4. The Kier molecular flexibility index (Phi) is 3.33. The van der Waals surface area contributed by atoms with Crippen LogP contribution in [-0.2, 0) is 0 Å². The van der Waals surface area contributed by atoms with Crippen LogP contribution in [0, 0.1) is 6.92 Å². The van der Waals surface area contributed by atoms with Crippen LogP contribution in [0.3, 0.4) is 0 Å². The van der Waals surface area contributed by atoms with Gasteiger partial charge < -0.3 is 15.1 Å². The Hall–Kier alpha value is -1.17. The maximum absolute atomic E-state index is 12.0. The minimum absolute atomic E-state index is 0.115. The van der Waals surface area contributed by atoms with E-state index >= 15 is 0 Å². The van der Waals surface area contributed by atoms with E-state index in [2.05, 4.69) is 4.98 Å². The summed E-state index contributed by atoms with van der Waals surface area (Å²) in [7, 11) is 0. The summed E-state index contributed by atoms with van der Waals surface area (Å²) in [6, 6.07) is 1.61. The average molecular weight is 257 g/mol. The standard InChI is InChI=1S/C11H13ClN2O3/c1-6-2-8(12)7(3-13-6)11(17)14-4-9(15)10(16)5-14/h2-3,9-10,15-16H,4-5H2,1H3. The zero-order valence-corrected chi connectivity index (χ0v) is 10.1. The van der Waals surface area contributed by atoms with Crippen molar-refractivity contribution in [2.45, 2.75) is 19.1 Å². The van der Waals surface area contributed by atoms with E-state index in [4.69, 9.17) is 11.6 Å². The number of carbonyl (C=O) groups is 1. The lowest BCUT2D eigenvalue weighted by molar-refractivity contribution is 0.0572. The highest BCUT2D eigenvalue weighted by Gasteiger charge is 2.33. The molecule has 2 atom stereocenters. The SMILES string of the molecule is Cc1cc(Cl)c(C(=O)N2CC(O)C(O)C2)cn1. The highest BCUT2D eigenvalue weighted by molar-refractivity contribution is 6.33. The molecule has 1 aromatic heterocycles. The maximum Gasteiger partial charge on any atom is 0.257 e. The highest BCUT2D eigenvalue weighted by Crippen LogP contribution is 2.20. The van der Waals surface area contributed by atoms with Gasteiger partial charge in [-0.05, 0) is 13.0 Å². The van der Waals surface area contributed by atoms with Gasteiger partial charge in [-0.1, -0.05) is 11.6 Å². The van der Waals surface area contributed by atoms with Gasteiger partial charge in [-0.2, -0.15) is 0 Å². The summed E-state index contributed by atoms with van der Waals surface area (Å²) in [6.45, 7) is 2.01. The second kappa shape index (κ2) is 4.60. The van der Waals surface area contributed by atoms with Crippen LogP contribution >= 0.6 is 11.6 Å². The number of carbonyl (C=O) groups excluding carboxylic acids is 1. The van der Waals surface area contributed by atoms with Crippen LogP contribution < -0.4 is 0 Å². The molecule has 2 rings (SSSR count). The Morgan fingerprint density at radius 3 is 2.59 bits per heavy atom. The smallest absolute Gasteiger partial charge is 0.257 e. The average Bonchev–Trinajstić information content (AvgIpc) is 2.58. The van der Waals surface area contributed by atoms with Crippen molar-refractivity contribution in [2.75, 3.05) is 13.1 Å². The van der Waals surface area contributed by atoms with Crippen molar-refractivity contribution in [3.63, 3.8) is 0 Å². The van der Waals surface area contributed by atoms with Gasteiger partial charge in [-0.15, -0.1) is 0 Å². The topological polar surface area (TPSA) is 73.7 Å². The molecule has 17 heavy (non-hydrogen) atoms. The van der Waals surface area contributed by atoms with Crippen molar-refractivity contribution < 1.29 is 15.0 Å². The molecule has 1 amide bonds. The molecule has 92 valence electrons.